The van der Waals surface area contributed by atoms with Crippen molar-refractivity contribution in [2.45, 2.75) is 45.4 Å². The molecule has 0 bridgehead atoms. The fourth-order valence-corrected chi connectivity index (χ4v) is 1.91. The summed E-state index contributed by atoms with van der Waals surface area (Å²) in [5, 5.41) is 0.304. The number of rotatable bonds is 6. The summed E-state index contributed by atoms with van der Waals surface area (Å²) >= 11 is 11.9. The Kier molecular flexibility index (Phi) is 7.37. The van der Waals surface area contributed by atoms with Crippen LogP contribution in [0.5, 0.6) is 0 Å². The summed E-state index contributed by atoms with van der Waals surface area (Å²) < 4.78 is 0. The van der Waals surface area contributed by atoms with Crippen LogP contribution >= 0.6 is 23.2 Å². The van der Waals surface area contributed by atoms with Crippen molar-refractivity contribution in [3.05, 3.63) is 0 Å². The van der Waals surface area contributed by atoms with Crippen LogP contribution in [0.2, 0.25) is 0 Å². The molecule has 0 heterocycles. The largest absolute Gasteiger partial charge is 0.127 e. The summed E-state index contributed by atoms with van der Waals surface area (Å²) in [6, 6.07) is 0. The Balaban J connectivity index is 3.62. The minimum absolute atomic E-state index is 0.304. The molecular weight excluding hydrogens is 191 g/mol. The van der Waals surface area contributed by atoms with Crippen molar-refractivity contribution in [1.82, 2.24) is 0 Å². The zero-order valence-electron chi connectivity index (χ0n) is 8.32. The Labute approximate surface area is 86.6 Å². The lowest BCUT2D eigenvalue weighted by atomic mass is 9.94. The van der Waals surface area contributed by atoms with Crippen LogP contribution in [0.15, 0.2) is 0 Å². The molecule has 0 aliphatic rings. The number of hydrogen-bond acceptors (Lipinski definition) is 0. The van der Waals surface area contributed by atoms with E-state index in [9.17, 15) is 0 Å². The van der Waals surface area contributed by atoms with Crippen molar-refractivity contribution in [2.24, 2.45) is 11.8 Å². The van der Waals surface area contributed by atoms with Crippen molar-refractivity contribution in [3.63, 3.8) is 0 Å². The van der Waals surface area contributed by atoms with Gasteiger partial charge in [0.05, 0.1) is 0 Å². The summed E-state index contributed by atoms with van der Waals surface area (Å²) in [5.41, 5.74) is 0. The highest BCUT2D eigenvalue weighted by Crippen LogP contribution is 2.23. The fraction of sp³-hybridized carbons (Fsp3) is 1.00. The van der Waals surface area contributed by atoms with Gasteiger partial charge in [-0.25, -0.2) is 0 Å². The maximum atomic E-state index is 6.23. The van der Waals surface area contributed by atoms with E-state index < -0.39 is 0 Å². The van der Waals surface area contributed by atoms with E-state index in [-0.39, 0.29) is 0 Å². The Bertz CT molecular complexity index is 104. The van der Waals surface area contributed by atoms with Crippen LogP contribution < -0.4 is 0 Å². The minimum Gasteiger partial charge on any atom is -0.127 e. The molecule has 74 valence electrons. The smallest absolute Gasteiger partial charge is 0.0364 e. The number of hydrogen-bond donors (Lipinski definition) is 0. The van der Waals surface area contributed by atoms with Gasteiger partial charge in [-0.05, 0) is 24.7 Å². The van der Waals surface area contributed by atoms with Crippen LogP contribution in [0.1, 0.15) is 40.0 Å². The minimum atomic E-state index is 0.304. The van der Waals surface area contributed by atoms with E-state index in [2.05, 4.69) is 20.8 Å². The molecule has 0 nitrogen and oxygen atoms in total. The van der Waals surface area contributed by atoms with Crippen LogP contribution in [0.3, 0.4) is 0 Å². The monoisotopic (exact) mass is 210 g/mol. The van der Waals surface area contributed by atoms with Crippen molar-refractivity contribution < 1.29 is 0 Å². The van der Waals surface area contributed by atoms with E-state index in [1.165, 1.54) is 6.42 Å². The molecule has 0 aromatic heterocycles. The van der Waals surface area contributed by atoms with Crippen molar-refractivity contribution in [1.29, 1.82) is 0 Å². The van der Waals surface area contributed by atoms with Gasteiger partial charge in [0.2, 0.25) is 0 Å². The summed E-state index contributed by atoms with van der Waals surface area (Å²) in [7, 11) is 0. The van der Waals surface area contributed by atoms with Gasteiger partial charge >= 0.3 is 0 Å². The molecule has 3 atom stereocenters. The van der Waals surface area contributed by atoms with Gasteiger partial charge in [-0.1, -0.05) is 27.2 Å². The molecule has 2 heteroatoms. The topological polar surface area (TPSA) is 0 Å². The first kappa shape index (κ1) is 12.6. The summed E-state index contributed by atoms with van der Waals surface area (Å²) in [4.78, 5) is 0. The highest BCUT2D eigenvalue weighted by atomic mass is 35.5. The summed E-state index contributed by atoms with van der Waals surface area (Å²) in [6.45, 7) is 6.64. The maximum absolute atomic E-state index is 6.23. The van der Waals surface area contributed by atoms with Gasteiger partial charge in [-0.2, -0.15) is 0 Å². The molecule has 0 saturated heterocycles. The lowest BCUT2D eigenvalue weighted by molar-refractivity contribution is 0.424. The predicted molar refractivity (Wildman–Crippen MR) is 58.2 cm³/mol. The Morgan fingerprint density at radius 2 is 1.83 bits per heavy atom. The number of alkyl halides is 2. The lowest BCUT2D eigenvalue weighted by Gasteiger charge is -2.19. The molecule has 0 rings (SSSR count). The molecule has 0 saturated carbocycles. The van der Waals surface area contributed by atoms with Gasteiger partial charge in [0.15, 0.2) is 0 Å². The fourth-order valence-electron chi connectivity index (χ4n) is 1.14. The molecule has 0 N–H and O–H groups in total. The average Bonchev–Trinajstić information content (AvgIpc) is 2.04. The second-order valence-corrected chi connectivity index (χ2v) is 4.66. The second kappa shape index (κ2) is 7.03. The van der Waals surface area contributed by atoms with Gasteiger partial charge in [-0.3, -0.25) is 0 Å². The average molecular weight is 211 g/mol. The van der Waals surface area contributed by atoms with E-state index in [1.54, 1.807) is 0 Å². The molecule has 0 aliphatic heterocycles. The number of halogens is 2. The van der Waals surface area contributed by atoms with Gasteiger partial charge in [0.25, 0.3) is 0 Å². The first-order valence-electron chi connectivity index (χ1n) is 4.81. The SMILES string of the molecule is CCC(C)C[C@H](Cl)C(C)CCCl. The van der Waals surface area contributed by atoms with E-state index in [1.807, 2.05) is 0 Å². The van der Waals surface area contributed by atoms with E-state index >= 15 is 0 Å². The van der Waals surface area contributed by atoms with Crippen molar-refractivity contribution in [3.8, 4) is 0 Å². The lowest BCUT2D eigenvalue weighted by Crippen LogP contribution is -2.15. The van der Waals surface area contributed by atoms with Crippen LogP contribution in [-0.2, 0) is 0 Å². The third kappa shape index (κ3) is 5.27. The normalized spacial score (nSPS) is 18.8. The first-order chi connectivity index (χ1) is 5.61. The Hall–Kier alpha value is 0.580. The van der Waals surface area contributed by atoms with Crippen molar-refractivity contribution in [2.75, 3.05) is 5.88 Å². The van der Waals surface area contributed by atoms with Crippen LogP contribution in [-0.4, -0.2) is 11.3 Å². The van der Waals surface area contributed by atoms with Crippen LogP contribution in [0.25, 0.3) is 0 Å². The second-order valence-electron chi connectivity index (χ2n) is 3.72. The quantitative estimate of drug-likeness (QED) is 0.575. The van der Waals surface area contributed by atoms with E-state index in [0.29, 0.717) is 11.3 Å². The zero-order chi connectivity index (χ0) is 9.56. The first-order valence-corrected chi connectivity index (χ1v) is 5.78. The molecule has 0 amide bonds. The Morgan fingerprint density at radius 3 is 2.25 bits per heavy atom. The summed E-state index contributed by atoms with van der Waals surface area (Å²) in [5.74, 6) is 2.02. The third-order valence-corrected chi connectivity index (χ3v) is 3.33. The molecule has 0 aromatic carbocycles. The molecule has 2 unspecified atom stereocenters. The molecular formula is C10H20Cl2. The molecule has 12 heavy (non-hydrogen) atoms. The van der Waals surface area contributed by atoms with Crippen LogP contribution in [0, 0.1) is 11.8 Å². The van der Waals surface area contributed by atoms with Gasteiger partial charge < -0.3 is 0 Å². The van der Waals surface area contributed by atoms with E-state index in [4.69, 9.17) is 23.2 Å². The maximum Gasteiger partial charge on any atom is 0.0364 e. The van der Waals surface area contributed by atoms with Crippen molar-refractivity contribution >= 4 is 23.2 Å². The van der Waals surface area contributed by atoms with Gasteiger partial charge in [-0.15, -0.1) is 23.2 Å². The standard InChI is InChI=1S/C10H20Cl2/c1-4-8(2)7-10(12)9(3)5-6-11/h8-10H,4-7H2,1-3H3/t8?,9?,10-/m0/s1. The Morgan fingerprint density at radius 1 is 1.25 bits per heavy atom. The predicted octanol–water partition coefficient (Wildman–Crippen LogP) is 4.30. The van der Waals surface area contributed by atoms with Gasteiger partial charge in [0.1, 0.15) is 0 Å². The highest BCUT2D eigenvalue weighted by Gasteiger charge is 2.15. The molecule has 0 aliphatic carbocycles. The highest BCUT2D eigenvalue weighted by molar-refractivity contribution is 6.21. The summed E-state index contributed by atoms with van der Waals surface area (Å²) in [6.07, 6.45) is 3.37. The molecule has 0 aromatic rings. The van der Waals surface area contributed by atoms with Crippen LogP contribution in [0.4, 0.5) is 0 Å². The van der Waals surface area contributed by atoms with E-state index in [0.717, 1.165) is 24.6 Å². The molecule has 0 fully saturated rings. The third-order valence-electron chi connectivity index (χ3n) is 2.51. The van der Waals surface area contributed by atoms with Gasteiger partial charge in [0, 0.05) is 11.3 Å². The zero-order valence-corrected chi connectivity index (χ0v) is 9.83. The molecule has 0 radical (unpaired) electrons. The molecule has 0 spiro atoms.